The molecule has 1 aliphatic heterocycles. The van der Waals surface area contributed by atoms with Crippen LogP contribution in [0.25, 0.3) is 0 Å². The van der Waals surface area contributed by atoms with Gasteiger partial charge in [-0.2, -0.15) is 0 Å². The van der Waals surface area contributed by atoms with Gasteiger partial charge in [-0.05, 0) is 46.6 Å². The molecule has 3 heterocycles. The van der Waals surface area contributed by atoms with Crippen molar-refractivity contribution >= 4 is 27.6 Å². The zero-order chi connectivity index (χ0) is 13.9. The van der Waals surface area contributed by atoms with Crippen LogP contribution in [0.4, 0.5) is 11.6 Å². The highest BCUT2D eigenvalue weighted by atomic mass is 79.9. The van der Waals surface area contributed by atoms with E-state index >= 15 is 0 Å². The van der Waals surface area contributed by atoms with Gasteiger partial charge in [-0.25, -0.2) is 9.97 Å². The van der Waals surface area contributed by atoms with E-state index in [1.54, 1.807) is 0 Å². The Morgan fingerprint density at radius 1 is 1.05 bits per heavy atom. The molecule has 0 radical (unpaired) electrons. The summed E-state index contributed by atoms with van der Waals surface area (Å²) in [6, 6.07) is 8.17. The third-order valence-corrected chi connectivity index (χ3v) is 4.09. The monoisotopic (exact) mass is 332 g/mol. The Bertz CT molecular complexity index is 580. The molecule has 0 unspecified atom stereocenters. The van der Waals surface area contributed by atoms with Crippen LogP contribution in [-0.2, 0) is 0 Å². The molecule has 0 spiro atoms. The van der Waals surface area contributed by atoms with E-state index in [0.29, 0.717) is 0 Å². The van der Waals surface area contributed by atoms with E-state index < -0.39 is 0 Å². The summed E-state index contributed by atoms with van der Waals surface area (Å²) >= 11 is 3.61. The van der Waals surface area contributed by atoms with Gasteiger partial charge in [0.25, 0.3) is 0 Å². The largest absolute Gasteiger partial charge is 0.353 e. The number of aryl methyl sites for hydroxylation is 1. The van der Waals surface area contributed by atoms with Crippen LogP contribution in [-0.4, -0.2) is 36.1 Å². The molecule has 0 atom stereocenters. The molecule has 0 N–H and O–H groups in total. The Kier molecular flexibility index (Phi) is 3.87. The summed E-state index contributed by atoms with van der Waals surface area (Å²) in [7, 11) is 0. The first-order valence-corrected chi connectivity index (χ1v) is 7.56. The molecule has 20 heavy (non-hydrogen) atoms. The van der Waals surface area contributed by atoms with Crippen LogP contribution < -0.4 is 9.80 Å². The fraction of sp³-hybridized carbons (Fsp3) is 0.333. The van der Waals surface area contributed by atoms with Gasteiger partial charge in [-0.3, -0.25) is 0 Å². The van der Waals surface area contributed by atoms with Gasteiger partial charge in [-0.1, -0.05) is 6.07 Å². The number of rotatable bonds is 2. The molecule has 0 aliphatic carbocycles. The van der Waals surface area contributed by atoms with E-state index in [-0.39, 0.29) is 0 Å². The van der Waals surface area contributed by atoms with Gasteiger partial charge in [0.15, 0.2) is 0 Å². The molecular weight excluding hydrogens is 316 g/mol. The lowest BCUT2D eigenvalue weighted by Gasteiger charge is -2.36. The first kappa shape index (κ1) is 13.4. The predicted molar refractivity (Wildman–Crippen MR) is 85.3 cm³/mol. The third-order valence-electron chi connectivity index (χ3n) is 3.51. The summed E-state index contributed by atoms with van der Waals surface area (Å²) in [4.78, 5) is 13.6. The maximum absolute atomic E-state index is 4.54. The van der Waals surface area contributed by atoms with E-state index in [4.69, 9.17) is 0 Å². The molecular formula is C15H17BrN4. The van der Waals surface area contributed by atoms with Gasteiger partial charge in [0.1, 0.15) is 11.6 Å². The highest BCUT2D eigenvalue weighted by molar-refractivity contribution is 9.10. The highest BCUT2D eigenvalue weighted by Crippen LogP contribution is 2.26. The van der Waals surface area contributed by atoms with Gasteiger partial charge in [0.05, 0.1) is 4.47 Å². The van der Waals surface area contributed by atoms with Crippen molar-refractivity contribution in [1.82, 2.24) is 9.97 Å². The molecule has 3 rings (SSSR count). The van der Waals surface area contributed by atoms with Crippen LogP contribution in [0, 0.1) is 6.92 Å². The SMILES string of the molecule is Cc1cnc(N2CCN(c3ccccn3)CC2)c(Br)c1. The summed E-state index contributed by atoms with van der Waals surface area (Å²) < 4.78 is 1.07. The Labute approximate surface area is 127 Å². The number of hydrogen-bond acceptors (Lipinski definition) is 4. The Hall–Kier alpha value is -1.62. The van der Waals surface area contributed by atoms with Gasteiger partial charge in [-0.15, -0.1) is 0 Å². The number of anilines is 2. The van der Waals surface area contributed by atoms with Crippen molar-refractivity contribution in [2.24, 2.45) is 0 Å². The third kappa shape index (κ3) is 2.77. The second-order valence-corrected chi connectivity index (χ2v) is 5.83. The average molecular weight is 333 g/mol. The fourth-order valence-electron chi connectivity index (χ4n) is 2.45. The average Bonchev–Trinajstić information content (AvgIpc) is 2.48. The van der Waals surface area contributed by atoms with E-state index in [2.05, 4.69) is 54.8 Å². The number of piperazine rings is 1. The lowest BCUT2D eigenvalue weighted by molar-refractivity contribution is 0.640. The van der Waals surface area contributed by atoms with Crippen molar-refractivity contribution in [3.8, 4) is 0 Å². The molecule has 1 aliphatic rings. The molecule has 2 aromatic rings. The lowest BCUT2D eigenvalue weighted by Crippen LogP contribution is -2.47. The number of hydrogen-bond donors (Lipinski definition) is 0. The number of halogens is 1. The van der Waals surface area contributed by atoms with E-state index in [0.717, 1.165) is 42.3 Å². The lowest BCUT2D eigenvalue weighted by atomic mass is 10.2. The van der Waals surface area contributed by atoms with Crippen LogP contribution in [0.3, 0.4) is 0 Å². The van der Waals surface area contributed by atoms with Gasteiger partial charge < -0.3 is 9.80 Å². The number of pyridine rings is 2. The molecule has 0 amide bonds. The fourth-order valence-corrected chi connectivity index (χ4v) is 3.16. The minimum Gasteiger partial charge on any atom is -0.353 e. The number of aromatic nitrogens is 2. The van der Waals surface area contributed by atoms with Crippen LogP contribution >= 0.6 is 15.9 Å². The van der Waals surface area contributed by atoms with Crippen LogP contribution in [0.1, 0.15) is 5.56 Å². The normalized spacial score (nSPS) is 15.5. The van der Waals surface area contributed by atoms with Gasteiger partial charge >= 0.3 is 0 Å². The molecule has 2 aromatic heterocycles. The minimum absolute atomic E-state index is 0.964. The van der Waals surface area contributed by atoms with Crippen molar-refractivity contribution in [2.45, 2.75) is 6.92 Å². The maximum Gasteiger partial charge on any atom is 0.142 e. The molecule has 0 saturated carbocycles. The Balaban J connectivity index is 1.69. The summed E-state index contributed by atoms with van der Waals surface area (Å²) in [5.74, 6) is 2.10. The predicted octanol–water partition coefficient (Wildman–Crippen LogP) is 2.87. The van der Waals surface area contributed by atoms with E-state index in [9.17, 15) is 0 Å². The standard InChI is InChI=1S/C15H17BrN4/c1-12-10-13(16)15(18-11-12)20-8-6-19(7-9-20)14-4-2-3-5-17-14/h2-5,10-11H,6-9H2,1H3. The quantitative estimate of drug-likeness (QED) is 0.846. The van der Waals surface area contributed by atoms with Crippen molar-refractivity contribution < 1.29 is 0 Å². The summed E-state index contributed by atoms with van der Waals surface area (Å²) in [6.45, 7) is 5.93. The molecule has 1 saturated heterocycles. The first-order chi connectivity index (χ1) is 9.74. The zero-order valence-electron chi connectivity index (χ0n) is 11.5. The molecule has 104 valence electrons. The highest BCUT2D eigenvalue weighted by Gasteiger charge is 2.20. The van der Waals surface area contributed by atoms with E-state index in [1.165, 1.54) is 5.56 Å². The van der Waals surface area contributed by atoms with E-state index in [1.807, 2.05) is 24.5 Å². The second-order valence-electron chi connectivity index (χ2n) is 4.98. The van der Waals surface area contributed by atoms with Gasteiger partial charge in [0, 0.05) is 38.6 Å². The molecule has 1 fully saturated rings. The maximum atomic E-state index is 4.54. The van der Waals surface area contributed by atoms with Gasteiger partial charge in [0.2, 0.25) is 0 Å². The smallest absolute Gasteiger partial charge is 0.142 e. The number of nitrogens with zero attached hydrogens (tertiary/aromatic N) is 4. The Morgan fingerprint density at radius 3 is 2.45 bits per heavy atom. The van der Waals surface area contributed by atoms with Crippen LogP contribution in [0.5, 0.6) is 0 Å². The van der Waals surface area contributed by atoms with Crippen molar-refractivity contribution in [2.75, 3.05) is 36.0 Å². The molecule has 5 heteroatoms. The zero-order valence-corrected chi connectivity index (χ0v) is 13.0. The molecule has 0 bridgehead atoms. The topological polar surface area (TPSA) is 32.3 Å². The summed E-state index contributed by atoms with van der Waals surface area (Å²) in [6.07, 6.45) is 3.77. The van der Waals surface area contributed by atoms with Crippen LogP contribution in [0.2, 0.25) is 0 Å². The van der Waals surface area contributed by atoms with Crippen molar-refractivity contribution in [3.05, 3.63) is 46.7 Å². The first-order valence-electron chi connectivity index (χ1n) is 6.77. The van der Waals surface area contributed by atoms with Crippen molar-refractivity contribution in [3.63, 3.8) is 0 Å². The Morgan fingerprint density at radius 2 is 1.80 bits per heavy atom. The molecule has 0 aromatic carbocycles. The van der Waals surface area contributed by atoms with Crippen molar-refractivity contribution in [1.29, 1.82) is 0 Å². The minimum atomic E-state index is 0.964. The summed E-state index contributed by atoms with van der Waals surface area (Å²) in [5, 5.41) is 0. The molecule has 4 nitrogen and oxygen atoms in total. The second kappa shape index (κ2) is 5.79. The summed E-state index contributed by atoms with van der Waals surface area (Å²) in [5.41, 5.74) is 1.17. The van der Waals surface area contributed by atoms with Crippen LogP contribution in [0.15, 0.2) is 41.1 Å².